The molecule has 2 heterocycles. The van der Waals surface area contributed by atoms with E-state index >= 15 is 0 Å². The number of nitrogens with zero attached hydrogens (tertiary/aromatic N) is 3. The quantitative estimate of drug-likeness (QED) is 0.318. The van der Waals surface area contributed by atoms with Crippen LogP contribution in [0.4, 0.5) is 5.69 Å². The zero-order chi connectivity index (χ0) is 16.0. The summed E-state index contributed by atoms with van der Waals surface area (Å²) in [4.78, 5) is 35.7. The third kappa shape index (κ3) is 1.97. The number of aromatic nitrogens is 3. The fourth-order valence-electron chi connectivity index (χ4n) is 2.02. The first-order valence-corrected chi connectivity index (χ1v) is 6.82. The predicted molar refractivity (Wildman–Crippen MR) is 78.7 cm³/mol. The van der Waals surface area contributed by atoms with Crippen LogP contribution in [0, 0.1) is 15.3 Å². The van der Waals surface area contributed by atoms with Crippen LogP contribution in [-0.2, 0) is 7.05 Å². The van der Waals surface area contributed by atoms with Gasteiger partial charge in [0.25, 0.3) is 10.7 Å². The van der Waals surface area contributed by atoms with Crippen molar-refractivity contribution in [2.75, 3.05) is 0 Å². The van der Waals surface area contributed by atoms with Crippen molar-refractivity contribution in [3.8, 4) is 10.6 Å². The van der Waals surface area contributed by atoms with Crippen LogP contribution in [0.1, 0.15) is 0 Å². The topological polar surface area (TPSA) is 125 Å². The molecule has 0 saturated carbocycles. The van der Waals surface area contributed by atoms with E-state index in [-0.39, 0.29) is 21.0 Å². The van der Waals surface area contributed by atoms with Gasteiger partial charge in [0.1, 0.15) is 0 Å². The number of nitro benzene ring substituents is 1. The van der Waals surface area contributed by atoms with E-state index in [9.17, 15) is 24.9 Å². The van der Waals surface area contributed by atoms with Gasteiger partial charge in [-0.25, -0.2) is 4.79 Å². The Labute approximate surface area is 125 Å². The fourth-order valence-corrected chi connectivity index (χ4v) is 3.12. The molecule has 10 heteroatoms. The first kappa shape index (κ1) is 13.9. The molecule has 1 aromatic carbocycles. The second-order valence-electron chi connectivity index (χ2n) is 4.48. The summed E-state index contributed by atoms with van der Waals surface area (Å²) in [5, 5.41) is 23.1. The van der Waals surface area contributed by atoms with Gasteiger partial charge in [0.15, 0.2) is 4.83 Å². The highest BCUT2D eigenvalue weighted by atomic mass is 32.1. The number of benzene rings is 1. The van der Waals surface area contributed by atoms with Crippen molar-refractivity contribution in [2.24, 2.45) is 7.05 Å². The SMILES string of the molecule is Cn1c(=O)[nH]c(=O)c2c1sc(-c1ccc([N+](=O)[O-])cc1)[n+]2[O-]. The van der Waals surface area contributed by atoms with Crippen molar-refractivity contribution >= 4 is 27.4 Å². The number of H-pyrrole nitrogens is 1. The Morgan fingerprint density at radius 1 is 1.27 bits per heavy atom. The van der Waals surface area contributed by atoms with Crippen LogP contribution in [0.3, 0.4) is 0 Å². The lowest BCUT2D eigenvalue weighted by atomic mass is 10.2. The van der Waals surface area contributed by atoms with Crippen molar-refractivity contribution in [2.45, 2.75) is 0 Å². The molecule has 0 amide bonds. The maximum atomic E-state index is 12.3. The van der Waals surface area contributed by atoms with Gasteiger partial charge in [-0.1, -0.05) is 0 Å². The summed E-state index contributed by atoms with van der Waals surface area (Å²) >= 11 is 0.970. The molecule has 112 valence electrons. The summed E-state index contributed by atoms with van der Waals surface area (Å²) in [5.41, 5.74) is -1.23. The molecule has 22 heavy (non-hydrogen) atoms. The number of hydrogen-bond donors (Lipinski definition) is 1. The molecule has 1 N–H and O–H groups in total. The smallest absolute Gasteiger partial charge is 0.329 e. The summed E-state index contributed by atoms with van der Waals surface area (Å²) in [6, 6.07) is 5.37. The highest BCUT2D eigenvalue weighted by Crippen LogP contribution is 2.27. The molecular formula is C12H8N4O5S. The number of aromatic amines is 1. The van der Waals surface area contributed by atoms with Crippen molar-refractivity contribution in [1.29, 1.82) is 0 Å². The van der Waals surface area contributed by atoms with E-state index in [1.54, 1.807) is 0 Å². The largest absolute Gasteiger partial charge is 0.617 e. The minimum Gasteiger partial charge on any atom is -0.617 e. The lowest BCUT2D eigenvalue weighted by Gasteiger charge is -1.98. The molecule has 0 aliphatic rings. The monoisotopic (exact) mass is 320 g/mol. The second kappa shape index (κ2) is 4.77. The van der Waals surface area contributed by atoms with E-state index in [0.29, 0.717) is 10.3 Å². The summed E-state index contributed by atoms with van der Waals surface area (Å²) in [7, 11) is 1.44. The Bertz CT molecular complexity index is 1010. The number of thiazole rings is 1. The molecule has 3 aromatic rings. The van der Waals surface area contributed by atoms with Gasteiger partial charge in [-0.2, -0.15) is 0 Å². The average Bonchev–Trinajstić information content (AvgIpc) is 2.83. The van der Waals surface area contributed by atoms with Gasteiger partial charge in [-0.05, 0) is 23.5 Å². The van der Waals surface area contributed by atoms with E-state index in [1.807, 2.05) is 0 Å². The fraction of sp³-hybridized carbons (Fsp3) is 0.0833. The molecule has 0 bridgehead atoms. The number of fused-ring (bicyclic) bond motifs is 1. The summed E-state index contributed by atoms with van der Waals surface area (Å²) in [5.74, 6) is 0. The zero-order valence-corrected chi connectivity index (χ0v) is 11.9. The number of aryl methyl sites for hydroxylation is 1. The van der Waals surface area contributed by atoms with E-state index in [4.69, 9.17) is 0 Å². The second-order valence-corrected chi connectivity index (χ2v) is 5.46. The van der Waals surface area contributed by atoms with E-state index < -0.39 is 16.2 Å². The van der Waals surface area contributed by atoms with E-state index in [0.717, 1.165) is 11.3 Å². The Morgan fingerprint density at radius 3 is 2.50 bits per heavy atom. The van der Waals surface area contributed by atoms with Crippen LogP contribution in [-0.4, -0.2) is 14.5 Å². The molecule has 9 nitrogen and oxygen atoms in total. The Hall–Kier alpha value is -3.01. The Morgan fingerprint density at radius 2 is 1.91 bits per heavy atom. The number of hydrogen-bond acceptors (Lipinski definition) is 6. The minimum atomic E-state index is -0.766. The lowest BCUT2D eigenvalue weighted by Crippen LogP contribution is -2.36. The normalized spacial score (nSPS) is 11.0. The maximum Gasteiger partial charge on any atom is 0.329 e. The third-order valence-electron chi connectivity index (χ3n) is 3.15. The number of nitro groups is 1. The summed E-state index contributed by atoms with van der Waals surface area (Å²) in [6.07, 6.45) is 0. The van der Waals surface area contributed by atoms with Crippen LogP contribution in [0.5, 0.6) is 0 Å². The molecule has 0 spiro atoms. The first-order valence-electron chi connectivity index (χ1n) is 6.00. The van der Waals surface area contributed by atoms with E-state index in [2.05, 4.69) is 4.98 Å². The summed E-state index contributed by atoms with van der Waals surface area (Å²) in [6.45, 7) is 0. The average molecular weight is 320 g/mol. The van der Waals surface area contributed by atoms with Gasteiger partial charge < -0.3 is 5.21 Å². The molecule has 3 rings (SSSR count). The molecular weight excluding hydrogens is 312 g/mol. The minimum absolute atomic E-state index is 0.104. The van der Waals surface area contributed by atoms with Crippen molar-refractivity contribution in [3.63, 3.8) is 0 Å². The van der Waals surface area contributed by atoms with Gasteiger partial charge in [0.05, 0.1) is 10.5 Å². The lowest BCUT2D eigenvalue weighted by molar-refractivity contribution is -0.561. The van der Waals surface area contributed by atoms with Gasteiger partial charge in [-0.3, -0.25) is 24.5 Å². The van der Waals surface area contributed by atoms with E-state index in [1.165, 1.54) is 35.9 Å². The first-order chi connectivity index (χ1) is 10.4. The maximum absolute atomic E-state index is 12.3. The van der Waals surface area contributed by atoms with Crippen molar-refractivity contribution < 1.29 is 9.65 Å². The predicted octanol–water partition coefficient (Wildman–Crippen LogP) is 0.497. The summed E-state index contributed by atoms with van der Waals surface area (Å²) < 4.78 is 1.60. The Kier molecular flexibility index (Phi) is 3.03. The van der Waals surface area contributed by atoms with Crippen LogP contribution in [0.2, 0.25) is 0 Å². The molecule has 2 aromatic heterocycles. The molecule has 0 unspecified atom stereocenters. The number of non-ortho nitro benzene ring substituents is 1. The number of rotatable bonds is 2. The molecule has 0 radical (unpaired) electrons. The molecule has 0 saturated heterocycles. The Balaban J connectivity index is 2.28. The highest BCUT2D eigenvalue weighted by molar-refractivity contribution is 7.20. The molecule has 0 fully saturated rings. The van der Waals surface area contributed by atoms with Crippen molar-refractivity contribution in [3.05, 3.63) is 60.4 Å². The van der Waals surface area contributed by atoms with Crippen LogP contribution in [0.25, 0.3) is 20.9 Å². The van der Waals surface area contributed by atoms with Gasteiger partial charge in [0, 0.05) is 19.2 Å². The molecule has 0 atom stereocenters. The van der Waals surface area contributed by atoms with Gasteiger partial charge in [-0.15, -0.1) is 4.73 Å². The van der Waals surface area contributed by atoms with Crippen LogP contribution >= 0.6 is 11.3 Å². The standard InChI is InChI=1S/C12H8N4O5S/c1-14-11-8(9(17)13-12(14)18)15(19)10(22-11)6-2-4-7(5-3-6)16(20)21/h2-5H,1H3,(H,13,17,18). The van der Waals surface area contributed by atoms with Crippen molar-refractivity contribution in [1.82, 2.24) is 9.55 Å². The van der Waals surface area contributed by atoms with Gasteiger partial charge in [0.2, 0.25) is 0 Å². The van der Waals surface area contributed by atoms with Gasteiger partial charge >= 0.3 is 16.8 Å². The molecule has 0 aliphatic carbocycles. The molecule has 0 aliphatic heterocycles. The van der Waals surface area contributed by atoms with Crippen LogP contribution < -0.4 is 16.0 Å². The third-order valence-corrected chi connectivity index (χ3v) is 4.41. The van der Waals surface area contributed by atoms with Crippen LogP contribution in [0.15, 0.2) is 33.9 Å². The number of nitrogens with one attached hydrogen (secondary N) is 1. The highest BCUT2D eigenvalue weighted by Gasteiger charge is 2.24. The zero-order valence-electron chi connectivity index (χ0n) is 11.1.